The lowest BCUT2D eigenvalue weighted by atomic mass is 10.0. The summed E-state index contributed by atoms with van der Waals surface area (Å²) in [5.41, 5.74) is 0.556. The van der Waals surface area contributed by atoms with Crippen molar-refractivity contribution in [3.05, 3.63) is 96.1 Å². The number of urea groups is 2. The van der Waals surface area contributed by atoms with Gasteiger partial charge in [-0.1, -0.05) is 43.3 Å². The second-order valence-electron chi connectivity index (χ2n) is 14.0. The van der Waals surface area contributed by atoms with Crippen LogP contribution in [0.25, 0.3) is 10.8 Å². The van der Waals surface area contributed by atoms with Gasteiger partial charge in [-0.05, 0) is 87.0 Å². The third-order valence-electron chi connectivity index (χ3n) is 9.61. The minimum Gasteiger partial charge on any atom is -0.490 e. The smallest absolute Gasteiger partial charge is 0.416 e. The lowest BCUT2D eigenvalue weighted by Gasteiger charge is -2.35. The van der Waals surface area contributed by atoms with Crippen LogP contribution in [0.15, 0.2) is 84.9 Å². The maximum Gasteiger partial charge on any atom is 0.416 e. The molecule has 5 amide bonds. The van der Waals surface area contributed by atoms with Crippen molar-refractivity contribution in [2.45, 2.75) is 64.5 Å². The molecule has 4 aromatic rings. The Morgan fingerprint density at radius 1 is 0.945 bits per heavy atom. The van der Waals surface area contributed by atoms with Crippen LogP contribution in [0.4, 0.5) is 39.8 Å². The number of hydrogen-bond donors (Lipinski definition) is 4. The number of aliphatic hydroxyl groups is 1. The number of benzene rings is 4. The van der Waals surface area contributed by atoms with Gasteiger partial charge in [0.25, 0.3) is 5.91 Å². The molecule has 4 N–H and O–H groups in total. The lowest BCUT2D eigenvalue weighted by Crippen LogP contribution is -2.48. The van der Waals surface area contributed by atoms with E-state index in [4.69, 9.17) is 9.47 Å². The highest BCUT2D eigenvalue weighted by Crippen LogP contribution is 2.31. The number of nitrogens with zero attached hydrogens (tertiary/aromatic N) is 2. The lowest BCUT2D eigenvalue weighted by molar-refractivity contribution is -0.137. The van der Waals surface area contributed by atoms with E-state index in [9.17, 15) is 32.7 Å². The molecule has 1 aliphatic rings. The molecule has 0 spiro atoms. The molecule has 0 saturated heterocycles. The van der Waals surface area contributed by atoms with Gasteiger partial charge in [0.1, 0.15) is 5.75 Å². The molecule has 0 radical (unpaired) electrons. The molecule has 55 heavy (non-hydrogen) atoms. The predicted octanol–water partition coefficient (Wildman–Crippen LogP) is 8.46. The first-order valence-electron chi connectivity index (χ1n) is 18.3. The summed E-state index contributed by atoms with van der Waals surface area (Å²) in [5, 5.41) is 20.5. The number of likely N-dealkylation sites (N-methyl/N-ethyl adjacent to an activating group) is 1. The zero-order valence-electron chi connectivity index (χ0n) is 31.4. The third kappa shape index (κ3) is 10.9. The Kier molecular flexibility index (Phi) is 13.6. The molecule has 1 heterocycles. The number of nitrogens with one attached hydrogen (secondary N) is 3. The van der Waals surface area contributed by atoms with Gasteiger partial charge in [0.2, 0.25) is 0 Å². The molecular weight excluding hydrogens is 715 g/mol. The van der Waals surface area contributed by atoms with Crippen LogP contribution in [0, 0.1) is 5.92 Å². The first kappa shape index (κ1) is 40.8. The van der Waals surface area contributed by atoms with Gasteiger partial charge >= 0.3 is 18.2 Å². The molecule has 0 bridgehead atoms. The van der Waals surface area contributed by atoms with Crippen molar-refractivity contribution in [1.82, 2.24) is 9.80 Å². The van der Waals surface area contributed by atoms with Crippen molar-refractivity contribution in [2.75, 3.05) is 49.3 Å². The largest absolute Gasteiger partial charge is 0.490 e. The van der Waals surface area contributed by atoms with E-state index in [-0.39, 0.29) is 43.0 Å². The number of alkyl halides is 3. The van der Waals surface area contributed by atoms with Crippen molar-refractivity contribution < 1.29 is 42.1 Å². The number of carbonyl (C=O) groups excluding carboxylic acids is 3. The van der Waals surface area contributed by atoms with E-state index in [0.29, 0.717) is 36.6 Å². The molecule has 0 aliphatic carbocycles. The quantitative estimate of drug-likeness (QED) is 0.149. The fraction of sp³-hybridized carbons (Fsp3) is 0.390. The molecule has 0 aromatic heterocycles. The van der Waals surface area contributed by atoms with Crippen LogP contribution in [-0.2, 0) is 10.9 Å². The first-order valence-corrected chi connectivity index (χ1v) is 18.3. The standard InChI is InChI=1S/C41H48F3N5O6/c1-26-23-49(27(2)25-50)38(51)34-22-32(45-39(52)47-35-14-9-12-29-11-5-6-13-33(29)35)19-20-36(34)55-28(3)10-7-8-21-54-37(26)24-48(4)40(53)46-31-17-15-30(16-18-31)41(42,43)44/h5-6,9,11-20,22,26-28,37,50H,7-8,10,21,23-25H2,1-4H3,(H,46,53)(H2,45,47,52)/t26-,27+,28-,37-/m1/s1. The summed E-state index contributed by atoms with van der Waals surface area (Å²) in [4.78, 5) is 43.8. The highest BCUT2D eigenvalue weighted by atomic mass is 19.4. The first-order chi connectivity index (χ1) is 26.2. The van der Waals surface area contributed by atoms with Crippen molar-refractivity contribution in [3.63, 3.8) is 0 Å². The summed E-state index contributed by atoms with van der Waals surface area (Å²) in [6.07, 6.45) is -3.18. The number of hydrogen-bond acceptors (Lipinski definition) is 6. The molecule has 11 nitrogen and oxygen atoms in total. The minimum atomic E-state index is -4.50. The molecule has 5 rings (SSSR count). The van der Waals surface area contributed by atoms with Gasteiger partial charge in [-0.3, -0.25) is 4.79 Å². The summed E-state index contributed by atoms with van der Waals surface area (Å²) in [6, 6.07) is 20.7. The Morgan fingerprint density at radius 2 is 1.65 bits per heavy atom. The van der Waals surface area contributed by atoms with Crippen molar-refractivity contribution >= 4 is 45.8 Å². The van der Waals surface area contributed by atoms with Crippen molar-refractivity contribution in [2.24, 2.45) is 5.92 Å². The minimum absolute atomic E-state index is 0.110. The van der Waals surface area contributed by atoms with Gasteiger partial charge in [0.05, 0.1) is 41.7 Å². The molecule has 14 heteroatoms. The monoisotopic (exact) mass is 763 g/mol. The molecule has 0 fully saturated rings. The maximum absolute atomic E-state index is 14.5. The van der Waals surface area contributed by atoms with Crippen LogP contribution < -0.4 is 20.7 Å². The van der Waals surface area contributed by atoms with E-state index in [1.165, 1.54) is 21.9 Å². The molecule has 1 aliphatic heterocycles. The number of anilines is 3. The normalized spacial score (nSPS) is 19.0. The number of aliphatic hydroxyl groups excluding tert-OH is 1. The second kappa shape index (κ2) is 18.3. The molecule has 0 unspecified atom stereocenters. The van der Waals surface area contributed by atoms with Crippen molar-refractivity contribution in [1.29, 1.82) is 0 Å². The number of ether oxygens (including phenoxy) is 2. The summed E-state index contributed by atoms with van der Waals surface area (Å²) >= 11 is 0. The Bertz CT molecular complexity index is 1940. The highest BCUT2D eigenvalue weighted by Gasteiger charge is 2.32. The van der Waals surface area contributed by atoms with Gasteiger partial charge in [-0.2, -0.15) is 13.2 Å². The molecule has 0 saturated carbocycles. The van der Waals surface area contributed by atoms with E-state index in [2.05, 4.69) is 16.0 Å². The van der Waals surface area contributed by atoms with E-state index in [0.717, 1.165) is 29.3 Å². The topological polar surface area (TPSA) is 132 Å². The Morgan fingerprint density at radius 3 is 2.38 bits per heavy atom. The summed E-state index contributed by atoms with van der Waals surface area (Å²) in [6.45, 7) is 5.80. The van der Waals surface area contributed by atoms with Gasteiger partial charge < -0.3 is 40.3 Å². The third-order valence-corrected chi connectivity index (χ3v) is 9.61. The van der Waals surface area contributed by atoms with E-state index in [1.807, 2.05) is 50.2 Å². The molecule has 294 valence electrons. The Hall–Kier alpha value is -5.34. The maximum atomic E-state index is 14.5. The van der Waals surface area contributed by atoms with Crippen LogP contribution in [0.2, 0.25) is 0 Å². The zero-order chi connectivity index (χ0) is 39.7. The number of carbonyl (C=O) groups is 3. The van der Waals surface area contributed by atoms with Crippen LogP contribution in [0.3, 0.4) is 0 Å². The van der Waals surface area contributed by atoms with Gasteiger partial charge in [-0.25, -0.2) is 9.59 Å². The number of amides is 5. The SMILES string of the molecule is C[C@@H]1CCCCO[C@H](CN(C)C(=O)Nc2ccc(C(F)(F)F)cc2)[C@H](C)CN([C@@H](C)CO)C(=O)c2cc(NC(=O)Nc3cccc4ccccc34)ccc2O1. The summed E-state index contributed by atoms with van der Waals surface area (Å²) < 4.78 is 51.7. The van der Waals surface area contributed by atoms with Crippen LogP contribution >= 0.6 is 0 Å². The van der Waals surface area contributed by atoms with E-state index in [1.54, 1.807) is 38.2 Å². The molecule has 4 aromatic carbocycles. The Labute approximate surface area is 318 Å². The predicted molar refractivity (Wildman–Crippen MR) is 207 cm³/mol. The van der Waals surface area contributed by atoms with Crippen LogP contribution in [0.1, 0.15) is 56.0 Å². The van der Waals surface area contributed by atoms with Crippen molar-refractivity contribution in [3.8, 4) is 5.75 Å². The molecular formula is C41H48F3N5O6. The van der Waals surface area contributed by atoms with Gasteiger partial charge in [0, 0.05) is 49.4 Å². The second-order valence-corrected chi connectivity index (χ2v) is 14.0. The zero-order valence-corrected chi connectivity index (χ0v) is 31.4. The van der Waals surface area contributed by atoms with Gasteiger partial charge in [-0.15, -0.1) is 0 Å². The summed E-state index contributed by atoms with van der Waals surface area (Å²) in [5.74, 6) is -0.443. The number of halogens is 3. The molecule has 4 atom stereocenters. The number of fused-ring (bicyclic) bond motifs is 2. The Balaban J connectivity index is 1.35. The fourth-order valence-electron chi connectivity index (χ4n) is 6.40. The fourth-order valence-corrected chi connectivity index (χ4v) is 6.40. The van der Waals surface area contributed by atoms with E-state index < -0.39 is 41.9 Å². The van der Waals surface area contributed by atoms with E-state index >= 15 is 0 Å². The average Bonchev–Trinajstić information content (AvgIpc) is 3.15. The highest BCUT2D eigenvalue weighted by molar-refractivity contribution is 6.07. The average molecular weight is 764 g/mol. The van der Waals surface area contributed by atoms with Gasteiger partial charge in [0.15, 0.2) is 0 Å². The van der Waals surface area contributed by atoms with Crippen LogP contribution in [0.5, 0.6) is 5.75 Å². The van der Waals surface area contributed by atoms with Crippen LogP contribution in [-0.4, -0.2) is 84.5 Å². The summed E-state index contributed by atoms with van der Waals surface area (Å²) in [7, 11) is 1.56. The number of rotatable bonds is 7.